The summed E-state index contributed by atoms with van der Waals surface area (Å²) < 4.78 is 0. The molecular formula is C12H20O. The highest BCUT2D eigenvalue weighted by atomic mass is 16.3. The van der Waals surface area contributed by atoms with Gasteiger partial charge in [-0.05, 0) is 54.8 Å². The van der Waals surface area contributed by atoms with E-state index >= 15 is 0 Å². The van der Waals surface area contributed by atoms with Crippen LogP contribution in [0.2, 0.25) is 0 Å². The van der Waals surface area contributed by atoms with E-state index in [2.05, 4.69) is 6.92 Å². The maximum absolute atomic E-state index is 9.38. The van der Waals surface area contributed by atoms with Gasteiger partial charge in [0.15, 0.2) is 0 Å². The van der Waals surface area contributed by atoms with Gasteiger partial charge in [0.1, 0.15) is 0 Å². The summed E-state index contributed by atoms with van der Waals surface area (Å²) in [5.41, 5.74) is 0. The van der Waals surface area contributed by atoms with Crippen molar-refractivity contribution in [2.75, 3.05) is 6.61 Å². The number of fused-ring (bicyclic) bond motifs is 5. The topological polar surface area (TPSA) is 20.2 Å². The van der Waals surface area contributed by atoms with Crippen LogP contribution in [0.25, 0.3) is 0 Å². The summed E-state index contributed by atoms with van der Waals surface area (Å²) in [4.78, 5) is 0. The van der Waals surface area contributed by atoms with E-state index in [1.54, 1.807) is 0 Å². The monoisotopic (exact) mass is 180 g/mol. The van der Waals surface area contributed by atoms with Crippen LogP contribution in [-0.2, 0) is 0 Å². The zero-order chi connectivity index (χ0) is 9.00. The zero-order valence-corrected chi connectivity index (χ0v) is 8.45. The van der Waals surface area contributed by atoms with Crippen LogP contribution in [0, 0.1) is 35.5 Å². The minimum atomic E-state index is 0.450. The van der Waals surface area contributed by atoms with Crippen LogP contribution in [0.1, 0.15) is 32.6 Å². The Morgan fingerprint density at radius 2 is 1.77 bits per heavy atom. The van der Waals surface area contributed by atoms with E-state index in [0.29, 0.717) is 12.5 Å². The van der Waals surface area contributed by atoms with Gasteiger partial charge >= 0.3 is 0 Å². The molecule has 3 saturated carbocycles. The van der Waals surface area contributed by atoms with Gasteiger partial charge in [-0.25, -0.2) is 0 Å². The van der Waals surface area contributed by atoms with E-state index in [4.69, 9.17) is 0 Å². The van der Waals surface area contributed by atoms with Crippen molar-refractivity contribution in [1.29, 1.82) is 0 Å². The lowest BCUT2D eigenvalue weighted by molar-refractivity contribution is 0.0752. The predicted octanol–water partition coefficient (Wildman–Crippen LogP) is 2.30. The van der Waals surface area contributed by atoms with Gasteiger partial charge in [0, 0.05) is 6.61 Å². The van der Waals surface area contributed by atoms with Crippen LogP contribution in [0.5, 0.6) is 0 Å². The Balaban J connectivity index is 1.87. The predicted molar refractivity (Wildman–Crippen MR) is 52.2 cm³/mol. The number of rotatable bonds is 1. The number of aliphatic hydroxyl groups excluding tert-OH is 1. The SMILES string of the molecule is CC1C2CC(C1CO)C1CCCC21. The minimum Gasteiger partial charge on any atom is -0.396 e. The Morgan fingerprint density at radius 1 is 1.08 bits per heavy atom. The molecule has 0 saturated heterocycles. The first kappa shape index (κ1) is 8.28. The Kier molecular flexibility index (Phi) is 1.74. The molecule has 3 aliphatic carbocycles. The zero-order valence-electron chi connectivity index (χ0n) is 8.45. The van der Waals surface area contributed by atoms with E-state index in [-0.39, 0.29) is 0 Å². The van der Waals surface area contributed by atoms with Crippen molar-refractivity contribution in [3.8, 4) is 0 Å². The van der Waals surface area contributed by atoms with Crippen molar-refractivity contribution >= 4 is 0 Å². The maximum Gasteiger partial charge on any atom is 0.0464 e. The molecule has 74 valence electrons. The van der Waals surface area contributed by atoms with E-state index in [0.717, 1.165) is 29.6 Å². The first-order valence-corrected chi connectivity index (χ1v) is 5.93. The summed E-state index contributed by atoms with van der Waals surface area (Å²) in [5, 5.41) is 9.38. The van der Waals surface area contributed by atoms with Crippen molar-refractivity contribution < 1.29 is 5.11 Å². The van der Waals surface area contributed by atoms with E-state index in [1.165, 1.54) is 25.7 Å². The second-order valence-electron chi connectivity index (χ2n) is 5.53. The van der Waals surface area contributed by atoms with Gasteiger partial charge < -0.3 is 5.11 Å². The molecule has 6 atom stereocenters. The molecule has 0 aromatic carbocycles. The smallest absolute Gasteiger partial charge is 0.0464 e. The third-order valence-corrected chi connectivity index (χ3v) is 5.38. The fourth-order valence-electron chi connectivity index (χ4n) is 4.85. The third-order valence-electron chi connectivity index (χ3n) is 5.38. The fraction of sp³-hybridized carbons (Fsp3) is 1.00. The summed E-state index contributed by atoms with van der Waals surface area (Å²) in [6, 6.07) is 0. The maximum atomic E-state index is 9.38. The van der Waals surface area contributed by atoms with Gasteiger partial charge in [0.05, 0.1) is 0 Å². The Labute approximate surface area is 80.5 Å². The van der Waals surface area contributed by atoms with Gasteiger partial charge in [0.2, 0.25) is 0 Å². The largest absolute Gasteiger partial charge is 0.396 e. The van der Waals surface area contributed by atoms with Crippen LogP contribution in [0.3, 0.4) is 0 Å². The van der Waals surface area contributed by atoms with Gasteiger partial charge in [0.25, 0.3) is 0 Å². The number of hydrogen-bond acceptors (Lipinski definition) is 1. The Hall–Kier alpha value is -0.0400. The van der Waals surface area contributed by atoms with Crippen molar-refractivity contribution in [3.63, 3.8) is 0 Å². The standard InChI is InChI=1S/C12H20O/c1-7-10-5-11(12(7)6-13)9-4-2-3-8(9)10/h7-13H,2-6H2,1H3. The van der Waals surface area contributed by atoms with Gasteiger partial charge in [-0.2, -0.15) is 0 Å². The third kappa shape index (κ3) is 0.918. The Morgan fingerprint density at radius 3 is 2.46 bits per heavy atom. The molecule has 1 heteroatoms. The van der Waals surface area contributed by atoms with Gasteiger partial charge in [-0.1, -0.05) is 13.3 Å². The molecule has 6 unspecified atom stereocenters. The summed E-state index contributed by atoms with van der Waals surface area (Å²) >= 11 is 0. The second kappa shape index (κ2) is 2.73. The lowest BCUT2D eigenvalue weighted by Gasteiger charge is -2.35. The van der Waals surface area contributed by atoms with Crippen LogP contribution < -0.4 is 0 Å². The van der Waals surface area contributed by atoms with E-state index in [9.17, 15) is 5.11 Å². The quantitative estimate of drug-likeness (QED) is 0.656. The highest BCUT2D eigenvalue weighted by molar-refractivity contribution is 5.05. The molecule has 3 fully saturated rings. The summed E-state index contributed by atoms with van der Waals surface area (Å²) in [6.45, 7) is 2.83. The van der Waals surface area contributed by atoms with Crippen molar-refractivity contribution in [1.82, 2.24) is 0 Å². The molecule has 0 aromatic heterocycles. The van der Waals surface area contributed by atoms with E-state index < -0.39 is 0 Å². The molecule has 1 N–H and O–H groups in total. The van der Waals surface area contributed by atoms with Gasteiger partial charge in [-0.15, -0.1) is 0 Å². The number of hydrogen-bond donors (Lipinski definition) is 1. The molecule has 2 bridgehead atoms. The lowest BCUT2D eigenvalue weighted by Crippen LogP contribution is -2.32. The summed E-state index contributed by atoms with van der Waals surface area (Å²) in [7, 11) is 0. The van der Waals surface area contributed by atoms with Crippen molar-refractivity contribution in [2.24, 2.45) is 35.5 Å². The highest BCUT2D eigenvalue weighted by Crippen LogP contribution is 2.62. The van der Waals surface area contributed by atoms with Crippen LogP contribution in [0.15, 0.2) is 0 Å². The molecule has 0 radical (unpaired) electrons. The molecule has 0 heterocycles. The number of aliphatic hydroxyl groups is 1. The van der Waals surface area contributed by atoms with Crippen molar-refractivity contribution in [3.05, 3.63) is 0 Å². The molecule has 0 aromatic rings. The summed E-state index contributed by atoms with van der Waals surface area (Å²) in [6.07, 6.45) is 5.87. The van der Waals surface area contributed by atoms with Crippen LogP contribution in [0.4, 0.5) is 0 Å². The molecule has 0 aliphatic heterocycles. The average Bonchev–Trinajstić information content (AvgIpc) is 2.71. The lowest BCUT2D eigenvalue weighted by atomic mass is 9.70. The first-order chi connectivity index (χ1) is 6.33. The molecule has 3 rings (SSSR count). The van der Waals surface area contributed by atoms with Crippen LogP contribution >= 0.6 is 0 Å². The molecule has 3 aliphatic rings. The molecule has 1 nitrogen and oxygen atoms in total. The summed E-state index contributed by atoms with van der Waals surface area (Å²) in [5.74, 6) is 5.42. The average molecular weight is 180 g/mol. The Bertz CT molecular complexity index is 211. The molecule has 0 spiro atoms. The highest BCUT2D eigenvalue weighted by Gasteiger charge is 2.56. The van der Waals surface area contributed by atoms with Crippen LogP contribution in [-0.4, -0.2) is 11.7 Å². The molecular weight excluding hydrogens is 160 g/mol. The second-order valence-corrected chi connectivity index (χ2v) is 5.53. The fourth-order valence-corrected chi connectivity index (χ4v) is 4.85. The first-order valence-electron chi connectivity index (χ1n) is 5.93. The molecule has 0 amide bonds. The van der Waals surface area contributed by atoms with E-state index in [1.807, 2.05) is 0 Å². The minimum absolute atomic E-state index is 0.450. The normalized spacial score (nSPS) is 58.6. The molecule has 13 heavy (non-hydrogen) atoms. The van der Waals surface area contributed by atoms with Gasteiger partial charge in [-0.3, -0.25) is 0 Å². The van der Waals surface area contributed by atoms with Crippen molar-refractivity contribution in [2.45, 2.75) is 32.6 Å².